The first-order valence-electron chi connectivity index (χ1n) is 7.93. The third-order valence-corrected chi connectivity index (χ3v) is 3.84. The predicted molar refractivity (Wildman–Crippen MR) is 90.7 cm³/mol. The van der Waals surface area contributed by atoms with Gasteiger partial charge in [-0.3, -0.25) is 0 Å². The average Bonchev–Trinajstić information content (AvgIpc) is 2.36. The number of hydrogen-bond donors (Lipinski definition) is 1. The van der Waals surface area contributed by atoms with Crippen LogP contribution in [0.15, 0.2) is 24.3 Å². The number of halogens is 1. The first-order chi connectivity index (χ1) is 9.42. The molecule has 0 amide bonds. The van der Waals surface area contributed by atoms with Crippen molar-refractivity contribution in [3.8, 4) is 0 Å². The van der Waals surface area contributed by atoms with Crippen LogP contribution in [-0.2, 0) is 0 Å². The van der Waals surface area contributed by atoms with Crippen LogP contribution >= 0.6 is 11.6 Å². The maximum absolute atomic E-state index is 6.14. The lowest BCUT2D eigenvalue weighted by molar-refractivity contribution is 0.394. The van der Waals surface area contributed by atoms with E-state index >= 15 is 0 Å². The molecule has 1 nitrogen and oxygen atoms in total. The smallest absolute Gasteiger partial charge is 0.0408 e. The fourth-order valence-corrected chi connectivity index (χ4v) is 2.59. The van der Waals surface area contributed by atoms with Gasteiger partial charge in [-0.1, -0.05) is 56.3 Å². The molecule has 0 saturated carbocycles. The van der Waals surface area contributed by atoms with E-state index in [0.29, 0.717) is 5.92 Å². The molecule has 20 heavy (non-hydrogen) atoms. The molecule has 1 unspecified atom stereocenters. The van der Waals surface area contributed by atoms with E-state index in [1.165, 1.54) is 37.7 Å². The molecule has 1 rings (SSSR count). The molecule has 2 heteroatoms. The molecule has 1 aromatic carbocycles. The van der Waals surface area contributed by atoms with Crippen molar-refractivity contribution in [2.45, 2.75) is 71.3 Å². The lowest BCUT2D eigenvalue weighted by Crippen LogP contribution is -2.38. The maximum Gasteiger partial charge on any atom is 0.0408 e. The standard InChI is InChI=1S/C18H30ClN/c1-5-6-7-8-10-16(14-20-18(2,3)4)15-11-9-12-17(19)13-15/h9,11-13,16,20H,5-8,10,14H2,1-4H3. The minimum atomic E-state index is 0.167. The Morgan fingerprint density at radius 3 is 2.50 bits per heavy atom. The molecule has 1 atom stereocenters. The van der Waals surface area contributed by atoms with Gasteiger partial charge in [0.2, 0.25) is 0 Å². The molecule has 0 spiro atoms. The monoisotopic (exact) mass is 295 g/mol. The van der Waals surface area contributed by atoms with E-state index in [4.69, 9.17) is 11.6 Å². The number of unbranched alkanes of at least 4 members (excludes halogenated alkanes) is 3. The molecule has 0 aliphatic heterocycles. The molecule has 0 fully saturated rings. The van der Waals surface area contributed by atoms with Crippen LogP contribution in [0, 0.1) is 0 Å². The van der Waals surface area contributed by atoms with Gasteiger partial charge in [0, 0.05) is 17.1 Å². The van der Waals surface area contributed by atoms with Gasteiger partial charge < -0.3 is 5.32 Å². The molecule has 114 valence electrons. The Morgan fingerprint density at radius 1 is 1.15 bits per heavy atom. The van der Waals surface area contributed by atoms with E-state index in [9.17, 15) is 0 Å². The molecule has 1 aromatic rings. The molecule has 0 aliphatic carbocycles. The van der Waals surface area contributed by atoms with Crippen molar-refractivity contribution in [3.63, 3.8) is 0 Å². The van der Waals surface area contributed by atoms with Crippen LogP contribution in [0.1, 0.15) is 71.3 Å². The minimum Gasteiger partial charge on any atom is -0.311 e. The molecule has 0 radical (unpaired) electrons. The van der Waals surface area contributed by atoms with Crippen molar-refractivity contribution < 1.29 is 0 Å². The summed E-state index contributed by atoms with van der Waals surface area (Å²) in [7, 11) is 0. The van der Waals surface area contributed by atoms with Crippen LogP contribution in [-0.4, -0.2) is 12.1 Å². The Balaban J connectivity index is 2.63. The highest BCUT2D eigenvalue weighted by atomic mass is 35.5. The number of benzene rings is 1. The minimum absolute atomic E-state index is 0.167. The van der Waals surface area contributed by atoms with Gasteiger partial charge >= 0.3 is 0 Å². The van der Waals surface area contributed by atoms with Crippen LogP contribution < -0.4 is 5.32 Å². The zero-order chi connectivity index (χ0) is 15.0. The summed E-state index contributed by atoms with van der Waals surface area (Å²) in [6, 6.07) is 8.35. The lowest BCUT2D eigenvalue weighted by Gasteiger charge is -2.26. The fraction of sp³-hybridized carbons (Fsp3) is 0.667. The molecule has 0 bridgehead atoms. The van der Waals surface area contributed by atoms with E-state index in [-0.39, 0.29) is 5.54 Å². The van der Waals surface area contributed by atoms with Crippen molar-refractivity contribution in [2.24, 2.45) is 0 Å². The zero-order valence-corrected chi connectivity index (χ0v) is 14.3. The van der Waals surface area contributed by atoms with Crippen LogP contribution in [0.2, 0.25) is 5.02 Å². The lowest BCUT2D eigenvalue weighted by atomic mass is 9.92. The van der Waals surface area contributed by atoms with Crippen LogP contribution in [0.5, 0.6) is 0 Å². The second kappa shape index (κ2) is 8.69. The van der Waals surface area contributed by atoms with Gasteiger partial charge in [-0.05, 0) is 50.8 Å². The van der Waals surface area contributed by atoms with Gasteiger partial charge in [0.15, 0.2) is 0 Å². The Hall–Kier alpha value is -0.530. The Labute approximate surface area is 130 Å². The predicted octanol–water partition coefficient (Wildman–Crippen LogP) is 5.78. The van der Waals surface area contributed by atoms with Crippen molar-refractivity contribution >= 4 is 11.6 Å². The van der Waals surface area contributed by atoms with Gasteiger partial charge in [0.1, 0.15) is 0 Å². The number of hydrogen-bond acceptors (Lipinski definition) is 1. The summed E-state index contributed by atoms with van der Waals surface area (Å²) in [4.78, 5) is 0. The zero-order valence-electron chi connectivity index (χ0n) is 13.5. The second-order valence-corrected chi connectivity index (χ2v) is 7.17. The van der Waals surface area contributed by atoms with Crippen LogP contribution in [0.3, 0.4) is 0 Å². The average molecular weight is 296 g/mol. The molecule has 0 heterocycles. The van der Waals surface area contributed by atoms with Crippen LogP contribution in [0.25, 0.3) is 0 Å². The quantitative estimate of drug-likeness (QED) is 0.599. The first-order valence-corrected chi connectivity index (χ1v) is 8.30. The highest BCUT2D eigenvalue weighted by Crippen LogP contribution is 2.25. The van der Waals surface area contributed by atoms with E-state index < -0.39 is 0 Å². The summed E-state index contributed by atoms with van der Waals surface area (Å²) in [6.45, 7) is 9.95. The molecular weight excluding hydrogens is 266 g/mol. The molecule has 1 N–H and O–H groups in total. The summed E-state index contributed by atoms with van der Waals surface area (Å²) >= 11 is 6.14. The largest absolute Gasteiger partial charge is 0.311 e. The first kappa shape index (κ1) is 17.5. The van der Waals surface area contributed by atoms with Gasteiger partial charge in [-0.15, -0.1) is 0 Å². The summed E-state index contributed by atoms with van der Waals surface area (Å²) in [5.74, 6) is 0.560. The van der Waals surface area contributed by atoms with Gasteiger partial charge in [-0.2, -0.15) is 0 Å². The summed E-state index contributed by atoms with van der Waals surface area (Å²) in [5.41, 5.74) is 1.53. The Bertz CT molecular complexity index is 381. The van der Waals surface area contributed by atoms with E-state index in [1.54, 1.807) is 0 Å². The van der Waals surface area contributed by atoms with Crippen molar-refractivity contribution in [1.82, 2.24) is 5.32 Å². The highest BCUT2D eigenvalue weighted by molar-refractivity contribution is 6.30. The number of rotatable bonds is 8. The maximum atomic E-state index is 6.14. The molecule has 0 aliphatic rings. The van der Waals surface area contributed by atoms with E-state index in [1.807, 2.05) is 6.07 Å². The second-order valence-electron chi connectivity index (χ2n) is 6.73. The van der Waals surface area contributed by atoms with Crippen molar-refractivity contribution in [2.75, 3.05) is 6.54 Å². The third-order valence-electron chi connectivity index (χ3n) is 3.61. The molecule has 0 aromatic heterocycles. The molecule has 0 saturated heterocycles. The summed E-state index contributed by atoms with van der Waals surface area (Å²) in [5, 5.41) is 4.48. The highest BCUT2D eigenvalue weighted by Gasteiger charge is 2.16. The van der Waals surface area contributed by atoms with E-state index in [0.717, 1.165) is 11.6 Å². The SMILES string of the molecule is CCCCCCC(CNC(C)(C)C)c1cccc(Cl)c1. The molecular formula is C18H30ClN. The summed E-state index contributed by atoms with van der Waals surface area (Å²) < 4.78 is 0. The third kappa shape index (κ3) is 7.31. The fourth-order valence-electron chi connectivity index (χ4n) is 2.39. The number of nitrogens with one attached hydrogen (secondary N) is 1. The Morgan fingerprint density at radius 2 is 1.90 bits per heavy atom. The van der Waals surface area contributed by atoms with E-state index in [2.05, 4.69) is 51.2 Å². The Kier molecular flexibility index (Phi) is 7.61. The van der Waals surface area contributed by atoms with Crippen molar-refractivity contribution in [3.05, 3.63) is 34.9 Å². The van der Waals surface area contributed by atoms with Crippen molar-refractivity contribution in [1.29, 1.82) is 0 Å². The van der Waals surface area contributed by atoms with Gasteiger partial charge in [0.25, 0.3) is 0 Å². The van der Waals surface area contributed by atoms with Gasteiger partial charge in [0.05, 0.1) is 0 Å². The normalized spacial score (nSPS) is 13.4. The van der Waals surface area contributed by atoms with Crippen LogP contribution in [0.4, 0.5) is 0 Å². The topological polar surface area (TPSA) is 12.0 Å². The van der Waals surface area contributed by atoms with Gasteiger partial charge in [-0.25, -0.2) is 0 Å². The summed E-state index contributed by atoms with van der Waals surface area (Å²) in [6.07, 6.45) is 6.51.